The minimum atomic E-state index is 1.00. The smallest absolute Gasteiger partial charge is 0.150 e. The van der Waals surface area contributed by atoms with E-state index in [0.717, 1.165) is 17.1 Å². The summed E-state index contributed by atoms with van der Waals surface area (Å²) in [5, 5.41) is 2.50. The van der Waals surface area contributed by atoms with E-state index in [9.17, 15) is 0 Å². The SMILES string of the molecule is Cc1ccc(-c2nc(-c3ccc4c(c3)c3ccccc3n4-c3ccccc3)cn2C)s1. The second-order valence-electron chi connectivity index (χ2n) is 7.89. The van der Waals surface area contributed by atoms with E-state index >= 15 is 0 Å². The van der Waals surface area contributed by atoms with Crippen molar-refractivity contribution in [2.24, 2.45) is 7.05 Å². The molecule has 0 unspecified atom stereocenters. The molecule has 0 bridgehead atoms. The minimum absolute atomic E-state index is 1.00. The van der Waals surface area contributed by atoms with Crippen molar-refractivity contribution in [3.05, 3.63) is 96.0 Å². The molecule has 0 fully saturated rings. The molecule has 3 heterocycles. The zero-order valence-corrected chi connectivity index (χ0v) is 18.2. The number of fused-ring (bicyclic) bond motifs is 3. The fraction of sp³-hybridized carbons (Fsp3) is 0.0741. The van der Waals surface area contributed by atoms with Crippen molar-refractivity contribution in [2.45, 2.75) is 6.92 Å². The van der Waals surface area contributed by atoms with Gasteiger partial charge >= 0.3 is 0 Å². The molecular weight excluding hydrogens is 398 g/mol. The summed E-state index contributed by atoms with van der Waals surface area (Å²) in [6, 6.07) is 30.2. The standard InChI is InChI=1S/C27H21N3S/c1-18-12-15-26(31-18)27-28-23(17-29(27)2)19-13-14-25-22(16-19)21-10-6-7-11-24(21)30(25)20-8-4-3-5-9-20/h3-17H,1-2H3. The van der Waals surface area contributed by atoms with Gasteiger partial charge in [-0.25, -0.2) is 4.98 Å². The number of aromatic nitrogens is 3. The van der Waals surface area contributed by atoms with Crippen LogP contribution in [0.3, 0.4) is 0 Å². The molecular formula is C27H21N3S. The van der Waals surface area contributed by atoms with Gasteiger partial charge in [-0.3, -0.25) is 0 Å². The first-order valence-corrected chi connectivity index (χ1v) is 11.2. The molecule has 150 valence electrons. The van der Waals surface area contributed by atoms with Gasteiger partial charge in [0.05, 0.1) is 21.6 Å². The topological polar surface area (TPSA) is 22.8 Å². The van der Waals surface area contributed by atoms with Crippen molar-refractivity contribution >= 4 is 33.1 Å². The van der Waals surface area contributed by atoms with Crippen LogP contribution in [0.5, 0.6) is 0 Å². The number of aryl methyl sites for hydroxylation is 2. The van der Waals surface area contributed by atoms with Crippen molar-refractivity contribution in [3.63, 3.8) is 0 Å². The van der Waals surface area contributed by atoms with Gasteiger partial charge in [-0.2, -0.15) is 0 Å². The van der Waals surface area contributed by atoms with Crippen LogP contribution in [-0.2, 0) is 7.05 Å². The first-order chi connectivity index (χ1) is 15.2. The lowest BCUT2D eigenvalue weighted by molar-refractivity contribution is 0.928. The Labute approximate surface area is 184 Å². The molecule has 6 rings (SSSR count). The van der Waals surface area contributed by atoms with Gasteiger partial charge in [0.15, 0.2) is 5.82 Å². The molecule has 0 N–H and O–H groups in total. The maximum atomic E-state index is 4.98. The maximum Gasteiger partial charge on any atom is 0.150 e. The third kappa shape index (κ3) is 2.91. The number of hydrogen-bond acceptors (Lipinski definition) is 2. The average Bonchev–Trinajstić information content (AvgIpc) is 3.49. The molecule has 0 aliphatic rings. The van der Waals surface area contributed by atoms with Crippen LogP contribution in [0.15, 0.2) is 91.1 Å². The summed E-state index contributed by atoms with van der Waals surface area (Å²) in [5.74, 6) is 1.01. The predicted molar refractivity (Wildman–Crippen MR) is 131 cm³/mol. The Balaban J connectivity index is 1.56. The molecule has 6 aromatic rings. The van der Waals surface area contributed by atoms with Gasteiger partial charge in [-0.05, 0) is 49.4 Å². The number of para-hydroxylation sites is 2. The van der Waals surface area contributed by atoms with E-state index in [1.807, 2.05) is 0 Å². The van der Waals surface area contributed by atoms with E-state index in [4.69, 9.17) is 4.98 Å². The normalized spacial score (nSPS) is 11.5. The van der Waals surface area contributed by atoms with Crippen molar-refractivity contribution in [3.8, 4) is 27.6 Å². The second-order valence-corrected chi connectivity index (χ2v) is 9.18. The van der Waals surface area contributed by atoms with Crippen LogP contribution in [0.1, 0.15) is 4.88 Å². The number of hydrogen-bond donors (Lipinski definition) is 0. The summed E-state index contributed by atoms with van der Waals surface area (Å²) in [6.45, 7) is 2.13. The molecule has 3 aromatic carbocycles. The summed E-state index contributed by atoms with van der Waals surface area (Å²) < 4.78 is 4.46. The van der Waals surface area contributed by atoms with Gasteiger partial charge in [-0.1, -0.05) is 42.5 Å². The third-order valence-corrected chi connectivity index (χ3v) is 6.82. The Kier molecular flexibility index (Phi) is 4.08. The number of nitrogens with zero attached hydrogens (tertiary/aromatic N) is 3. The zero-order valence-electron chi connectivity index (χ0n) is 17.4. The molecule has 3 nitrogen and oxygen atoms in total. The molecule has 31 heavy (non-hydrogen) atoms. The van der Waals surface area contributed by atoms with Crippen LogP contribution in [0.25, 0.3) is 49.5 Å². The van der Waals surface area contributed by atoms with E-state index in [0.29, 0.717) is 0 Å². The van der Waals surface area contributed by atoms with E-state index in [1.54, 1.807) is 11.3 Å². The van der Waals surface area contributed by atoms with Gasteiger partial charge in [0.2, 0.25) is 0 Å². The van der Waals surface area contributed by atoms with Crippen molar-refractivity contribution in [1.82, 2.24) is 14.1 Å². The van der Waals surface area contributed by atoms with Crippen molar-refractivity contribution < 1.29 is 0 Å². The Morgan fingerprint density at radius 3 is 2.35 bits per heavy atom. The molecule has 0 aliphatic carbocycles. The number of rotatable bonds is 3. The molecule has 0 saturated heterocycles. The molecule has 0 saturated carbocycles. The molecule has 0 radical (unpaired) electrons. The molecule has 0 atom stereocenters. The van der Waals surface area contributed by atoms with E-state index < -0.39 is 0 Å². The third-order valence-electron chi connectivity index (χ3n) is 5.82. The highest BCUT2D eigenvalue weighted by atomic mass is 32.1. The van der Waals surface area contributed by atoms with Crippen LogP contribution in [-0.4, -0.2) is 14.1 Å². The summed E-state index contributed by atoms with van der Waals surface area (Å²) in [4.78, 5) is 7.48. The number of thiophene rings is 1. The summed E-state index contributed by atoms with van der Waals surface area (Å²) in [6.07, 6.45) is 2.13. The summed E-state index contributed by atoms with van der Waals surface area (Å²) in [7, 11) is 2.07. The molecule has 4 heteroatoms. The fourth-order valence-corrected chi connectivity index (χ4v) is 5.28. The van der Waals surface area contributed by atoms with Gasteiger partial charge < -0.3 is 9.13 Å². The Morgan fingerprint density at radius 1 is 0.774 bits per heavy atom. The van der Waals surface area contributed by atoms with Gasteiger partial charge in [-0.15, -0.1) is 11.3 Å². The molecule has 0 amide bonds. The largest absolute Gasteiger partial charge is 0.333 e. The highest BCUT2D eigenvalue weighted by Crippen LogP contribution is 2.35. The van der Waals surface area contributed by atoms with Gasteiger partial charge in [0.25, 0.3) is 0 Å². The van der Waals surface area contributed by atoms with E-state index in [2.05, 4.69) is 114 Å². The van der Waals surface area contributed by atoms with Crippen LogP contribution in [0.4, 0.5) is 0 Å². The number of imidazole rings is 1. The Morgan fingerprint density at radius 2 is 1.55 bits per heavy atom. The molecule has 3 aromatic heterocycles. The van der Waals surface area contributed by atoms with E-state index in [1.165, 1.54) is 37.2 Å². The monoisotopic (exact) mass is 419 g/mol. The van der Waals surface area contributed by atoms with Crippen LogP contribution < -0.4 is 0 Å². The molecule has 0 spiro atoms. The van der Waals surface area contributed by atoms with Crippen molar-refractivity contribution in [2.75, 3.05) is 0 Å². The Hall–Kier alpha value is -3.63. The van der Waals surface area contributed by atoms with Gasteiger partial charge in [0, 0.05) is 40.1 Å². The summed E-state index contributed by atoms with van der Waals surface area (Å²) >= 11 is 1.78. The minimum Gasteiger partial charge on any atom is -0.333 e. The highest BCUT2D eigenvalue weighted by molar-refractivity contribution is 7.15. The fourth-order valence-electron chi connectivity index (χ4n) is 4.38. The lowest BCUT2D eigenvalue weighted by atomic mass is 10.1. The second kappa shape index (κ2) is 6.96. The zero-order chi connectivity index (χ0) is 20.9. The maximum absolute atomic E-state index is 4.98. The first kappa shape index (κ1) is 18.2. The van der Waals surface area contributed by atoms with Crippen molar-refractivity contribution in [1.29, 1.82) is 0 Å². The number of benzene rings is 3. The van der Waals surface area contributed by atoms with Crippen LogP contribution in [0.2, 0.25) is 0 Å². The highest BCUT2D eigenvalue weighted by Gasteiger charge is 2.15. The first-order valence-electron chi connectivity index (χ1n) is 10.4. The lowest BCUT2D eigenvalue weighted by Gasteiger charge is -2.07. The Bertz CT molecular complexity index is 1550. The van der Waals surface area contributed by atoms with E-state index in [-0.39, 0.29) is 0 Å². The van der Waals surface area contributed by atoms with Crippen LogP contribution in [0, 0.1) is 6.92 Å². The quantitative estimate of drug-likeness (QED) is 0.297. The molecule has 0 aliphatic heterocycles. The lowest BCUT2D eigenvalue weighted by Crippen LogP contribution is -1.92. The average molecular weight is 420 g/mol. The predicted octanol–water partition coefficient (Wildman–Crippen LogP) is 7.22. The summed E-state index contributed by atoms with van der Waals surface area (Å²) in [5.41, 5.74) is 5.74. The van der Waals surface area contributed by atoms with Gasteiger partial charge in [0.1, 0.15) is 0 Å². The van der Waals surface area contributed by atoms with Crippen LogP contribution >= 0.6 is 11.3 Å².